The van der Waals surface area contributed by atoms with Crippen LogP contribution in [0.3, 0.4) is 0 Å². The molecule has 0 fully saturated rings. The molecule has 1 amide bonds. The lowest BCUT2D eigenvalue weighted by atomic mass is 10.1. The molecule has 2 aromatic heterocycles. The zero-order valence-electron chi connectivity index (χ0n) is 13.8. The maximum absolute atomic E-state index is 12.5. The summed E-state index contributed by atoms with van der Waals surface area (Å²) in [5, 5.41) is 16.4. The molecule has 26 heavy (non-hydrogen) atoms. The van der Waals surface area contributed by atoms with Gasteiger partial charge < -0.3 is 0 Å². The van der Waals surface area contributed by atoms with Crippen molar-refractivity contribution in [1.82, 2.24) is 25.2 Å². The fourth-order valence-corrected chi connectivity index (χ4v) is 3.14. The highest BCUT2D eigenvalue weighted by Crippen LogP contribution is 2.25. The van der Waals surface area contributed by atoms with Gasteiger partial charge in [-0.25, -0.2) is 9.67 Å². The molecule has 0 saturated heterocycles. The van der Waals surface area contributed by atoms with E-state index in [0.717, 1.165) is 11.3 Å². The Kier molecular flexibility index (Phi) is 4.24. The van der Waals surface area contributed by atoms with Crippen molar-refractivity contribution in [3.63, 3.8) is 0 Å². The van der Waals surface area contributed by atoms with Crippen molar-refractivity contribution in [2.45, 2.75) is 6.92 Å². The van der Waals surface area contributed by atoms with Crippen LogP contribution < -0.4 is 5.32 Å². The van der Waals surface area contributed by atoms with E-state index in [2.05, 4.69) is 25.8 Å². The number of nitrogens with one attached hydrogen (secondary N) is 1. The molecule has 0 unspecified atom stereocenters. The second-order valence-corrected chi connectivity index (χ2v) is 6.52. The molecule has 128 valence electrons. The number of hydrogen-bond donors (Lipinski definition) is 1. The molecule has 0 aliphatic carbocycles. The molecule has 8 heteroatoms. The van der Waals surface area contributed by atoms with Gasteiger partial charge in [-0.2, -0.15) is 0 Å². The molecule has 0 bridgehead atoms. The van der Waals surface area contributed by atoms with Gasteiger partial charge in [0.05, 0.1) is 11.4 Å². The van der Waals surface area contributed by atoms with Gasteiger partial charge >= 0.3 is 0 Å². The number of carbonyl (C=O) groups is 1. The van der Waals surface area contributed by atoms with Crippen molar-refractivity contribution < 1.29 is 4.79 Å². The Hall–Kier alpha value is -3.39. The van der Waals surface area contributed by atoms with E-state index >= 15 is 0 Å². The van der Waals surface area contributed by atoms with E-state index in [-0.39, 0.29) is 5.91 Å². The van der Waals surface area contributed by atoms with Gasteiger partial charge in [0.2, 0.25) is 0 Å². The minimum absolute atomic E-state index is 0.232. The summed E-state index contributed by atoms with van der Waals surface area (Å²) in [6, 6.07) is 15.2. The van der Waals surface area contributed by atoms with Crippen molar-refractivity contribution in [2.75, 3.05) is 5.32 Å². The minimum atomic E-state index is -0.232. The van der Waals surface area contributed by atoms with E-state index in [1.807, 2.05) is 42.6 Å². The first-order valence-electron chi connectivity index (χ1n) is 7.86. The molecule has 2 heterocycles. The molecule has 0 spiro atoms. The first kappa shape index (κ1) is 16.1. The van der Waals surface area contributed by atoms with Crippen LogP contribution >= 0.6 is 11.3 Å². The third-order valence-electron chi connectivity index (χ3n) is 3.79. The van der Waals surface area contributed by atoms with Gasteiger partial charge in [0.15, 0.2) is 5.13 Å². The number of amides is 1. The highest BCUT2D eigenvalue weighted by Gasteiger charge is 2.11. The van der Waals surface area contributed by atoms with Gasteiger partial charge in [0.1, 0.15) is 6.33 Å². The lowest BCUT2D eigenvalue weighted by molar-refractivity contribution is 0.102. The maximum atomic E-state index is 12.5. The normalized spacial score (nSPS) is 10.7. The zero-order valence-corrected chi connectivity index (χ0v) is 14.6. The lowest BCUT2D eigenvalue weighted by Crippen LogP contribution is -2.12. The maximum Gasteiger partial charge on any atom is 0.257 e. The first-order valence-corrected chi connectivity index (χ1v) is 8.74. The summed E-state index contributed by atoms with van der Waals surface area (Å²) in [4.78, 5) is 17.0. The molecule has 7 nitrogen and oxygen atoms in total. The molecule has 0 aliphatic heterocycles. The summed E-state index contributed by atoms with van der Waals surface area (Å²) in [6.07, 6.45) is 1.48. The Morgan fingerprint density at radius 2 is 2.00 bits per heavy atom. The molecule has 0 saturated carbocycles. The fourth-order valence-electron chi connectivity index (χ4n) is 2.43. The Bertz CT molecular complexity index is 1040. The van der Waals surface area contributed by atoms with Crippen LogP contribution in [0.15, 0.2) is 60.2 Å². The number of benzene rings is 2. The van der Waals surface area contributed by atoms with Crippen molar-refractivity contribution in [3.8, 4) is 16.9 Å². The Morgan fingerprint density at radius 1 is 1.15 bits per heavy atom. The summed E-state index contributed by atoms with van der Waals surface area (Å²) in [5.74, 6) is -0.232. The van der Waals surface area contributed by atoms with E-state index in [0.29, 0.717) is 16.4 Å². The van der Waals surface area contributed by atoms with E-state index in [1.54, 1.807) is 18.2 Å². The summed E-state index contributed by atoms with van der Waals surface area (Å²) >= 11 is 1.39. The summed E-state index contributed by atoms with van der Waals surface area (Å²) in [5.41, 5.74) is 4.27. The number of rotatable bonds is 4. The molecule has 1 N–H and O–H groups in total. The van der Waals surface area contributed by atoms with Gasteiger partial charge in [0.25, 0.3) is 5.91 Å². The fraction of sp³-hybridized carbons (Fsp3) is 0.0556. The topological polar surface area (TPSA) is 85.6 Å². The largest absolute Gasteiger partial charge is 0.298 e. The van der Waals surface area contributed by atoms with Crippen molar-refractivity contribution in [3.05, 3.63) is 71.4 Å². The lowest BCUT2D eigenvalue weighted by Gasteiger charge is -2.04. The Morgan fingerprint density at radius 3 is 2.77 bits per heavy atom. The van der Waals surface area contributed by atoms with Crippen molar-refractivity contribution in [1.29, 1.82) is 0 Å². The molecule has 4 rings (SSSR count). The summed E-state index contributed by atoms with van der Waals surface area (Å²) < 4.78 is 1.50. The van der Waals surface area contributed by atoms with Crippen LogP contribution in [0.25, 0.3) is 16.9 Å². The van der Waals surface area contributed by atoms with Crippen LogP contribution in [-0.2, 0) is 0 Å². The third-order valence-corrected chi connectivity index (χ3v) is 4.55. The standard InChI is InChI=1S/C18H14N6OS/c1-12-5-7-13(8-6-12)16-10-26-18(20-16)21-17(25)14-3-2-4-15(9-14)24-11-19-22-23-24/h2-11H,1H3,(H,20,21,25). The van der Waals surface area contributed by atoms with E-state index in [1.165, 1.54) is 27.9 Å². The predicted octanol–water partition coefficient (Wildman–Crippen LogP) is 3.35. The SMILES string of the molecule is Cc1ccc(-c2csc(NC(=O)c3cccc(-n4cnnn4)c3)n2)cc1. The molecule has 0 radical (unpaired) electrons. The Balaban J connectivity index is 1.52. The van der Waals surface area contributed by atoms with Gasteiger partial charge in [-0.15, -0.1) is 16.4 Å². The molecule has 0 aliphatic rings. The van der Waals surface area contributed by atoms with Crippen LogP contribution in [-0.4, -0.2) is 31.1 Å². The van der Waals surface area contributed by atoms with E-state index in [4.69, 9.17) is 0 Å². The molecular weight excluding hydrogens is 348 g/mol. The summed E-state index contributed by atoms with van der Waals surface area (Å²) in [6.45, 7) is 2.04. The smallest absolute Gasteiger partial charge is 0.257 e. The number of thiazole rings is 1. The van der Waals surface area contributed by atoms with Crippen molar-refractivity contribution >= 4 is 22.4 Å². The number of tetrazole rings is 1. The van der Waals surface area contributed by atoms with Crippen LogP contribution in [0.5, 0.6) is 0 Å². The third kappa shape index (κ3) is 3.35. The van der Waals surface area contributed by atoms with Crippen molar-refractivity contribution in [2.24, 2.45) is 0 Å². The van der Waals surface area contributed by atoms with Crippen LogP contribution in [0.1, 0.15) is 15.9 Å². The second-order valence-electron chi connectivity index (χ2n) is 5.66. The number of anilines is 1. The van der Waals surface area contributed by atoms with Crippen LogP contribution in [0, 0.1) is 6.92 Å². The van der Waals surface area contributed by atoms with Crippen LogP contribution in [0.4, 0.5) is 5.13 Å². The molecule has 4 aromatic rings. The quantitative estimate of drug-likeness (QED) is 0.602. The molecule has 0 atom stereocenters. The van der Waals surface area contributed by atoms with Crippen LogP contribution in [0.2, 0.25) is 0 Å². The number of aromatic nitrogens is 5. The van der Waals surface area contributed by atoms with E-state index < -0.39 is 0 Å². The highest BCUT2D eigenvalue weighted by atomic mass is 32.1. The first-order chi connectivity index (χ1) is 12.7. The minimum Gasteiger partial charge on any atom is -0.298 e. The molecule has 2 aromatic carbocycles. The Labute approximate surface area is 153 Å². The zero-order chi connectivity index (χ0) is 17.9. The van der Waals surface area contributed by atoms with E-state index in [9.17, 15) is 4.79 Å². The second kappa shape index (κ2) is 6.85. The van der Waals surface area contributed by atoms with Gasteiger partial charge in [-0.05, 0) is 35.5 Å². The number of aryl methyl sites for hydroxylation is 1. The van der Waals surface area contributed by atoms with Gasteiger partial charge in [-0.3, -0.25) is 10.1 Å². The monoisotopic (exact) mass is 362 g/mol. The highest BCUT2D eigenvalue weighted by molar-refractivity contribution is 7.14. The average molecular weight is 362 g/mol. The van der Waals surface area contributed by atoms with Gasteiger partial charge in [-0.1, -0.05) is 35.9 Å². The number of nitrogens with zero attached hydrogens (tertiary/aromatic N) is 5. The number of hydrogen-bond acceptors (Lipinski definition) is 6. The average Bonchev–Trinajstić information content (AvgIpc) is 3.34. The van der Waals surface area contributed by atoms with Gasteiger partial charge in [0, 0.05) is 16.5 Å². The molecular formula is C18H14N6OS. The predicted molar refractivity (Wildman–Crippen MR) is 99.4 cm³/mol. The summed E-state index contributed by atoms with van der Waals surface area (Å²) in [7, 11) is 0. The number of carbonyl (C=O) groups excluding carboxylic acids is 1.